The van der Waals surface area contributed by atoms with Gasteiger partial charge < -0.3 is 0 Å². The van der Waals surface area contributed by atoms with Gasteiger partial charge in [0, 0.05) is 11.8 Å². The van der Waals surface area contributed by atoms with E-state index < -0.39 is 11.7 Å². The summed E-state index contributed by atoms with van der Waals surface area (Å²) in [5.41, 5.74) is 0.0195. The second kappa shape index (κ2) is 4.31. The zero-order valence-electron chi connectivity index (χ0n) is 7.02. The predicted molar refractivity (Wildman–Crippen MR) is 51.8 cm³/mol. The van der Waals surface area contributed by atoms with Crippen molar-refractivity contribution in [2.75, 3.05) is 0 Å². The second-order valence-electron chi connectivity index (χ2n) is 2.58. The Hall–Kier alpha value is -0.550. The van der Waals surface area contributed by atoms with Gasteiger partial charge in [-0.1, -0.05) is 0 Å². The van der Waals surface area contributed by atoms with Crippen LogP contribution in [0.3, 0.4) is 0 Å². The highest BCUT2D eigenvalue weighted by Crippen LogP contribution is 2.29. The summed E-state index contributed by atoms with van der Waals surface area (Å²) in [4.78, 5) is 14.3. The van der Waals surface area contributed by atoms with E-state index in [-0.39, 0.29) is 21.3 Å². The Kier molecular flexibility index (Phi) is 3.55. The largest absolute Gasteiger partial charge is 0.274 e. The van der Waals surface area contributed by atoms with Crippen molar-refractivity contribution in [2.24, 2.45) is 0 Å². The lowest BCUT2D eigenvalue weighted by Gasteiger charge is -2.07. The lowest BCUT2D eigenvalue weighted by Crippen LogP contribution is -2.01. The molecule has 0 aromatic carbocycles. The highest BCUT2D eigenvalue weighted by Gasteiger charge is 2.18. The maximum atomic E-state index is 12.4. The lowest BCUT2D eigenvalue weighted by atomic mass is 10.1. The van der Waals surface area contributed by atoms with Crippen LogP contribution in [0.5, 0.6) is 0 Å². The number of hydrogen-bond donors (Lipinski definition) is 0. The van der Waals surface area contributed by atoms with Crippen molar-refractivity contribution < 1.29 is 13.6 Å². The van der Waals surface area contributed by atoms with Crippen LogP contribution >= 0.6 is 27.5 Å². The van der Waals surface area contributed by atoms with E-state index in [1.807, 2.05) is 0 Å². The van der Waals surface area contributed by atoms with Crippen LogP contribution in [0, 0.1) is 6.92 Å². The molecule has 0 unspecified atom stereocenters. The summed E-state index contributed by atoms with van der Waals surface area (Å²) in [6, 6.07) is 0. The van der Waals surface area contributed by atoms with E-state index in [0.29, 0.717) is 0 Å². The minimum atomic E-state index is -2.61. The van der Waals surface area contributed by atoms with Crippen molar-refractivity contribution in [3.8, 4) is 0 Å². The fourth-order valence-electron chi connectivity index (χ4n) is 0.949. The van der Waals surface area contributed by atoms with Crippen molar-refractivity contribution >= 4 is 32.8 Å². The molecule has 0 aliphatic rings. The van der Waals surface area contributed by atoms with Gasteiger partial charge in [-0.3, -0.25) is 9.78 Å². The number of carbonyl (C=O) groups excluding carboxylic acids is 1. The van der Waals surface area contributed by atoms with E-state index in [0.717, 1.165) is 6.20 Å². The molecule has 0 aliphatic carbocycles. The van der Waals surface area contributed by atoms with Crippen LogP contribution in [-0.4, -0.2) is 10.2 Å². The molecule has 0 fully saturated rings. The molecule has 0 amide bonds. The number of alkyl halides is 2. The molecule has 76 valence electrons. The number of aromatic nitrogens is 1. The molecule has 0 saturated heterocycles. The van der Waals surface area contributed by atoms with E-state index in [9.17, 15) is 13.6 Å². The van der Waals surface area contributed by atoms with E-state index in [1.54, 1.807) is 0 Å². The third-order valence-electron chi connectivity index (χ3n) is 1.72. The molecule has 0 saturated carbocycles. The number of halogens is 4. The summed E-state index contributed by atoms with van der Waals surface area (Å²) < 4.78 is 24.9. The first kappa shape index (κ1) is 11.5. The van der Waals surface area contributed by atoms with Gasteiger partial charge in [-0.25, -0.2) is 8.78 Å². The molecule has 2 nitrogen and oxygen atoms in total. The Morgan fingerprint density at radius 2 is 2.21 bits per heavy atom. The number of pyridine rings is 1. The molecular formula is C8H5BrClF2NO. The topological polar surface area (TPSA) is 30.0 Å². The predicted octanol–water partition coefficient (Wildman–Crippen LogP) is 3.47. The van der Waals surface area contributed by atoms with Crippen LogP contribution in [0.4, 0.5) is 8.78 Å². The summed E-state index contributed by atoms with van der Waals surface area (Å²) in [5.74, 6) is 0. The summed E-state index contributed by atoms with van der Waals surface area (Å²) in [6.07, 6.45) is -1.65. The summed E-state index contributed by atoms with van der Waals surface area (Å²) >= 11 is 8.19. The Morgan fingerprint density at radius 3 is 2.64 bits per heavy atom. The maximum absolute atomic E-state index is 12.4. The molecule has 0 bridgehead atoms. The fraction of sp³-hybridized carbons (Fsp3) is 0.250. The van der Waals surface area contributed by atoms with E-state index in [2.05, 4.69) is 20.9 Å². The molecule has 1 aromatic rings. The summed E-state index contributed by atoms with van der Waals surface area (Å²) in [6.45, 7) is 1.47. The fourth-order valence-corrected chi connectivity index (χ4v) is 1.72. The first-order valence-corrected chi connectivity index (χ1v) is 4.75. The highest BCUT2D eigenvalue weighted by atomic mass is 79.9. The minimum Gasteiger partial charge on any atom is -0.274 e. The third-order valence-corrected chi connectivity index (χ3v) is 2.87. The number of hydrogen-bond acceptors (Lipinski definition) is 2. The number of carbonyl (C=O) groups is 1. The molecule has 6 heteroatoms. The molecule has 14 heavy (non-hydrogen) atoms. The monoisotopic (exact) mass is 283 g/mol. The standard InChI is InChI=1S/C8H5BrClF2NO/c1-3-4(8(11)12)2-13-6(5(3)9)7(10)14/h2,8H,1H3. The normalized spacial score (nSPS) is 10.7. The summed E-state index contributed by atoms with van der Waals surface area (Å²) in [7, 11) is 0. The summed E-state index contributed by atoms with van der Waals surface area (Å²) in [5, 5.41) is -0.777. The quantitative estimate of drug-likeness (QED) is 0.778. The minimum absolute atomic E-state index is 0.0476. The molecular weight excluding hydrogens is 279 g/mol. The van der Waals surface area contributed by atoms with E-state index in [4.69, 9.17) is 11.6 Å². The third kappa shape index (κ3) is 2.09. The van der Waals surface area contributed by atoms with Gasteiger partial charge in [-0.05, 0) is 40.0 Å². The smallest absolute Gasteiger partial charge is 0.271 e. The van der Waals surface area contributed by atoms with Gasteiger partial charge in [0.1, 0.15) is 5.69 Å². The van der Waals surface area contributed by atoms with Crippen LogP contribution in [-0.2, 0) is 0 Å². The Morgan fingerprint density at radius 1 is 1.64 bits per heavy atom. The number of rotatable bonds is 2. The van der Waals surface area contributed by atoms with Crippen LogP contribution < -0.4 is 0 Å². The molecule has 1 heterocycles. The molecule has 0 atom stereocenters. The van der Waals surface area contributed by atoms with Crippen molar-refractivity contribution in [2.45, 2.75) is 13.3 Å². The van der Waals surface area contributed by atoms with Crippen molar-refractivity contribution in [1.29, 1.82) is 0 Å². The van der Waals surface area contributed by atoms with E-state index in [1.165, 1.54) is 6.92 Å². The maximum Gasteiger partial charge on any atom is 0.271 e. The molecule has 1 aromatic heterocycles. The molecule has 0 spiro atoms. The number of nitrogens with zero attached hydrogens (tertiary/aromatic N) is 1. The Labute approximate surface area is 92.4 Å². The van der Waals surface area contributed by atoms with Crippen molar-refractivity contribution in [1.82, 2.24) is 4.98 Å². The van der Waals surface area contributed by atoms with Gasteiger partial charge in [0.25, 0.3) is 11.7 Å². The SMILES string of the molecule is Cc1c(C(F)F)cnc(C(=O)Cl)c1Br. The van der Waals surface area contributed by atoms with Crippen LogP contribution in [0.15, 0.2) is 10.7 Å². The van der Waals surface area contributed by atoms with Crippen LogP contribution in [0.25, 0.3) is 0 Å². The first-order valence-electron chi connectivity index (χ1n) is 3.58. The van der Waals surface area contributed by atoms with Gasteiger partial charge in [0.15, 0.2) is 0 Å². The Bertz CT molecular complexity index is 384. The highest BCUT2D eigenvalue weighted by molar-refractivity contribution is 9.10. The zero-order valence-corrected chi connectivity index (χ0v) is 9.36. The van der Waals surface area contributed by atoms with Crippen molar-refractivity contribution in [3.63, 3.8) is 0 Å². The van der Waals surface area contributed by atoms with Crippen LogP contribution in [0.2, 0.25) is 0 Å². The Balaban J connectivity index is 3.33. The van der Waals surface area contributed by atoms with Crippen LogP contribution in [0.1, 0.15) is 28.0 Å². The van der Waals surface area contributed by atoms with Gasteiger partial charge in [-0.2, -0.15) is 0 Å². The molecule has 1 rings (SSSR count). The molecule has 0 aliphatic heterocycles. The average molecular weight is 284 g/mol. The zero-order chi connectivity index (χ0) is 10.9. The first-order chi connectivity index (χ1) is 6.45. The lowest BCUT2D eigenvalue weighted by molar-refractivity contribution is 0.107. The molecule has 0 radical (unpaired) electrons. The van der Waals surface area contributed by atoms with E-state index >= 15 is 0 Å². The van der Waals surface area contributed by atoms with Gasteiger partial charge >= 0.3 is 0 Å². The average Bonchev–Trinajstić information content (AvgIpc) is 2.08. The molecule has 0 N–H and O–H groups in total. The second-order valence-corrected chi connectivity index (χ2v) is 3.71. The van der Waals surface area contributed by atoms with Gasteiger partial charge in [-0.15, -0.1) is 0 Å². The van der Waals surface area contributed by atoms with Crippen molar-refractivity contribution in [3.05, 3.63) is 27.5 Å². The van der Waals surface area contributed by atoms with Gasteiger partial charge in [0.05, 0.1) is 4.47 Å². The van der Waals surface area contributed by atoms with Gasteiger partial charge in [0.2, 0.25) is 0 Å².